The molecule has 1 aromatic carbocycles. The zero-order valence-electron chi connectivity index (χ0n) is 9.87. The molecule has 1 aliphatic carbocycles. The van der Waals surface area contributed by atoms with E-state index in [1.165, 1.54) is 20.3 Å². The second-order valence-electron chi connectivity index (χ2n) is 3.80. The van der Waals surface area contributed by atoms with Crippen LogP contribution in [0.2, 0.25) is 0 Å². The van der Waals surface area contributed by atoms with Gasteiger partial charge in [-0.3, -0.25) is 9.59 Å². The average molecular weight is 232 g/mol. The number of allylic oxidation sites excluding steroid dienone is 2. The normalized spacial score (nSPS) is 14.2. The van der Waals surface area contributed by atoms with E-state index in [4.69, 9.17) is 9.47 Å². The van der Waals surface area contributed by atoms with Gasteiger partial charge in [-0.1, -0.05) is 0 Å². The molecule has 0 bridgehead atoms. The minimum absolute atomic E-state index is 0.0460. The molecule has 0 unspecified atom stereocenters. The third-order valence-corrected chi connectivity index (χ3v) is 2.66. The summed E-state index contributed by atoms with van der Waals surface area (Å²) in [5.41, 5.74) is 1.52. The Kier molecular flexibility index (Phi) is 2.71. The molecular formula is C13H12O4. The van der Waals surface area contributed by atoms with Crippen molar-refractivity contribution in [2.45, 2.75) is 6.92 Å². The van der Waals surface area contributed by atoms with E-state index in [0.29, 0.717) is 11.3 Å². The SMILES string of the molecule is COC1=CC(=O)c2cc(C)cc(OC)c2C1=O. The summed E-state index contributed by atoms with van der Waals surface area (Å²) in [5.74, 6) is -0.108. The van der Waals surface area contributed by atoms with Crippen molar-refractivity contribution in [2.24, 2.45) is 0 Å². The number of Topliss-reactive ketones (excluding diaryl/α,β-unsaturated/α-hetero) is 1. The predicted molar refractivity (Wildman–Crippen MR) is 61.5 cm³/mol. The lowest BCUT2D eigenvalue weighted by molar-refractivity contribution is 0.0913. The van der Waals surface area contributed by atoms with Crippen LogP contribution in [-0.2, 0) is 4.74 Å². The number of carbonyl (C=O) groups is 2. The van der Waals surface area contributed by atoms with Crippen LogP contribution >= 0.6 is 0 Å². The summed E-state index contributed by atoms with van der Waals surface area (Å²) in [6, 6.07) is 3.41. The minimum Gasteiger partial charge on any atom is -0.496 e. The third-order valence-electron chi connectivity index (χ3n) is 2.66. The summed E-state index contributed by atoms with van der Waals surface area (Å²) < 4.78 is 10.0. The summed E-state index contributed by atoms with van der Waals surface area (Å²) >= 11 is 0. The molecule has 17 heavy (non-hydrogen) atoms. The minimum atomic E-state index is -0.320. The van der Waals surface area contributed by atoms with Crippen molar-refractivity contribution in [1.82, 2.24) is 0 Å². The van der Waals surface area contributed by atoms with Crippen LogP contribution in [0.15, 0.2) is 24.0 Å². The van der Waals surface area contributed by atoms with Gasteiger partial charge in [0, 0.05) is 11.6 Å². The molecule has 1 aliphatic rings. The highest BCUT2D eigenvalue weighted by molar-refractivity contribution is 6.24. The lowest BCUT2D eigenvalue weighted by Gasteiger charge is -2.17. The molecular weight excluding hydrogens is 220 g/mol. The fourth-order valence-electron chi connectivity index (χ4n) is 1.88. The fraction of sp³-hybridized carbons (Fsp3) is 0.231. The molecule has 0 saturated heterocycles. The van der Waals surface area contributed by atoms with Crippen LogP contribution in [0.1, 0.15) is 26.3 Å². The monoisotopic (exact) mass is 232 g/mol. The average Bonchev–Trinajstić information content (AvgIpc) is 2.32. The number of rotatable bonds is 2. The maximum atomic E-state index is 12.1. The van der Waals surface area contributed by atoms with Gasteiger partial charge in [0.2, 0.25) is 5.78 Å². The van der Waals surface area contributed by atoms with Crippen molar-refractivity contribution in [2.75, 3.05) is 14.2 Å². The zero-order chi connectivity index (χ0) is 12.6. The topological polar surface area (TPSA) is 52.6 Å². The Morgan fingerprint density at radius 1 is 1.06 bits per heavy atom. The molecule has 0 atom stereocenters. The Bertz CT molecular complexity index is 541. The van der Waals surface area contributed by atoms with E-state index in [-0.39, 0.29) is 22.9 Å². The number of carbonyl (C=O) groups excluding carboxylic acids is 2. The number of benzene rings is 1. The van der Waals surface area contributed by atoms with Crippen LogP contribution in [0.25, 0.3) is 0 Å². The predicted octanol–water partition coefficient (Wildman–Crippen LogP) is 1.91. The Labute approximate surface area is 98.8 Å². The molecule has 0 aromatic heterocycles. The number of methoxy groups -OCH3 is 2. The first-order valence-corrected chi connectivity index (χ1v) is 5.12. The molecule has 0 saturated carbocycles. The standard InChI is InChI=1S/C13H12O4/c1-7-4-8-9(14)6-11(17-3)13(15)12(8)10(5-7)16-2/h4-6H,1-3H3. The molecule has 4 nitrogen and oxygen atoms in total. The first-order valence-electron chi connectivity index (χ1n) is 5.12. The quantitative estimate of drug-likeness (QED) is 0.781. The maximum Gasteiger partial charge on any atom is 0.232 e. The maximum absolute atomic E-state index is 12.1. The van der Waals surface area contributed by atoms with Crippen LogP contribution in [0.5, 0.6) is 5.75 Å². The summed E-state index contributed by atoms with van der Waals surface area (Å²) in [7, 11) is 2.83. The van der Waals surface area contributed by atoms with Gasteiger partial charge in [0.1, 0.15) is 5.75 Å². The van der Waals surface area contributed by atoms with E-state index in [2.05, 4.69) is 0 Å². The van der Waals surface area contributed by atoms with Crippen molar-refractivity contribution in [3.05, 3.63) is 40.7 Å². The van der Waals surface area contributed by atoms with Crippen LogP contribution in [0.3, 0.4) is 0 Å². The Morgan fingerprint density at radius 2 is 1.76 bits per heavy atom. The Morgan fingerprint density at radius 3 is 2.35 bits per heavy atom. The van der Waals surface area contributed by atoms with Gasteiger partial charge in [-0.05, 0) is 24.6 Å². The number of hydrogen-bond donors (Lipinski definition) is 0. The summed E-state index contributed by atoms with van der Waals surface area (Å²) in [6.45, 7) is 1.84. The summed E-state index contributed by atoms with van der Waals surface area (Å²) in [4.78, 5) is 23.9. The highest BCUT2D eigenvalue weighted by atomic mass is 16.5. The van der Waals surface area contributed by atoms with Crippen LogP contribution in [-0.4, -0.2) is 25.8 Å². The molecule has 0 heterocycles. The number of fused-ring (bicyclic) bond motifs is 1. The van der Waals surface area contributed by atoms with Crippen molar-refractivity contribution in [3.63, 3.8) is 0 Å². The number of ketones is 2. The van der Waals surface area contributed by atoms with Gasteiger partial charge in [-0.2, -0.15) is 0 Å². The molecule has 88 valence electrons. The van der Waals surface area contributed by atoms with E-state index >= 15 is 0 Å². The molecule has 0 radical (unpaired) electrons. The molecule has 0 fully saturated rings. The van der Waals surface area contributed by atoms with Crippen molar-refractivity contribution in [1.29, 1.82) is 0 Å². The Hall–Kier alpha value is -2.10. The molecule has 2 rings (SSSR count). The third kappa shape index (κ3) is 1.71. The second kappa shape index (κ2) is 4.05. The van der Waals surface area contributed by atoms with E-state index in [9.17, 15) is 9.59 Å². The molecule has 0 amide bonds. The van der Waals surface area contributed by atoms with E-state index in [1.54, 1.807) is 12.1 Å². The lowest BCUT2D eigenvalue weighted by atomic mass is 9.91. The first kappa shape index (κ1) is 11.4. The van der Waals surface area contributed by atoms with Gasteiger partial charge in [-0.25, -0.2) is 0 Å². The largest absolute Gasteiger partial charge is 0.496 e. The number of ether oxygens (including phenoxy) is 2. The highest BCUT2D eigenvalue weighted by Gasteiger charge is 2.29. The van der Waals surface area contributed by atoms with Crippen LogP contribution in [0, 0.1) is 6.92 Å². The van der Waals surface area contributed by atoms with Gasteiger partial charge in [0.05, 0.1) is 19.8 Å². The highest BCUT2D eigenvalue weighted by Crippen LogP contribution is 2.31. The van der Waals surface area contributed by atoms with Gasteiger partial charge in [0.15, 0.2) is 11.5 Å². The molecule has 0 spiro atoms. The van der Waals surface area contributed by atoms with Crippen LogP contribution < -0.4 is 4.74 Å². The van der Waals surface area contributed by atoms with Crippen molar-refractivity contribution < 1.29 is 19.1 Å². The van der Waals surface area contributed by atoms with E-state index in [1.807, 2.05) is 6.92 Å². The van der Waals surface area contributed by atoms with Crippen LogP contribution in [0.4, 0.5) is 0 Å². The molecule has 0 aliphatic heterocycles. The first-order chi connectivity index (χ1) is 8.08. The van der Waals surface area contributed by atoms with Gasteiger partial charge < -0.3 is 9.47 Å². The van der Waals surface area contributed by atoms with E-state index < -0.39 is 0 Å². The second-order valence-corrected chi connectivity index (χ2v) is 3.80. The molecule has 4 heteroatoms. The molecule has 1 aromatic rings. The zero-order valence-corrected chi connectivity index (χ0v) is 9.87. The molecule has 0 N–H and O–H groups in total. The van der Waals surface area contributed by atoms with Crippen molar-refractivity contribution >= 4 is 11.6 Å². The fourth-order valence-corrected chi connectivity index (χ4v) is 1.88. The van der Waals surface area contributed by atoms with Gasteiger partial charge >= 0.3 is 0 Å². The number of hydrogen-bond acceptors (Lipinski definition) is 4. The summed E-state index contributed by atoms with van der Waals surface area (Å²) in [6.07, 6.45) is 1.21. The van der Waals surface area contributed by atoms with Gasteiger partial charge in [-0.15, -0.1) is 0 Å². The lowest BCUT2D eigenvalue weighted by Crippen LogP contribution is -2.19. The Balaban J connectivity index is 2.71. The summed E-state index contributed by atoms with van der Waals surface area (Å²) in [5, 5.41) is 0. The number of aryl methyl sites for hydroxylation is 1. The van der Waals surface area contributed by atoms with Gasteiger partial charge in [0.25, 0.3) is 0 Å². The van der Waals surface area contributed by atoms with E-state index in [0.717, 1.165) is 5.56 Å². The smallest absolute Gasteiger partial charge is 0.232 e. The van der Waals surface area contributed by atoms with Crippen molar-refractivity contribution in [3.8, 4) is 5.75 Å².